The first-order valence-electron chi connectivity index (χ1n) is 7.00. The number of hydrogen-bond acceptors (Lipinski definition) is 2. The van der Waals surface area contributed by atoms with Crippen LogP contribution in [0.25, 0.3) is 0 Å². The first-order valence-corrected chi connectivity index (χ1v) is 8.17. The summed E-state index contributed by atoms with van der Waals surface area (Å²) >= 11 is 9.62. The van der Waals surface area contributed by atoms with E-state index in [2.05, 4.69) is 40.0 Å². The number of fused-ring (bicyclic) bond motifs is 1. The Bertz CT molecular complexity index is 674. The Kier molecular flexibility index (Phi) is 4.25. The third kappa shape index (κ3) is 3.10. The number of likely N-dealkylation sites (N-methyl/N-ethyl adjacent to an activating group) is 1. The molecule has 0 aromatic heterocycles. The molecule has 110 valence electrons. The molecular weight excluding hydrogens is 350 g/mol. The predicted octanol–water partition coefficient (Wildman–Crippen LogP) is 4.37. The van der Waals surface area contributed by atoms with Gasteiger partial charge >= 0.3 is 0 Å². The van der Waals surface area contributed by atoms with Crippen molar-refractivity contribution in [3.63, 3.8) is 0 Å². The highest BCUT2D eigenvalue weighted by molar-refractivity contribution is 9.10. The fourth-order valence-electron chi connectivity index (χ4n) is 2.81. The number of nitrogens with zero attached hydrogens (tertiary/aromatic N) is 1. The van der Waals surface area contributed by atoms with Crippen LogP contribution in [0.2, 0.25) is 5.02 Å². The molecule has 0 amide bonds. The molecule has 1 heterocycles. The van der Waals surface area contributed by atoms with Crippen LogP contribution in [0, 0.1) is 0 Å². The van der Waals surface area contributed by atoms with Crippen LogP contribution in [-0.2, 0) is 12.8 Å². The summed E-state index contributed by atoms with van der Waals surface area (Å²) in [5, 5.41) is 11.2. The minimum Gasteiger partial charge on any atom is -0.388 e. The van der Waals surface area contributed by atoms with E-state index in [1.807, 2.05) is 24.3 Å². The maximum absolute atomic E-state index is 10.5. The zero-order chi connectivity index (χ0) is 15.0. The average molecular weight is 367 g/mol. The largest absolute Gasteiger partial charge is 0.388 e. The highest BCUT2D eigenvalue weighted by Crippen LogP contribution is 2.31. The van der Waals surface area contributed by atoms with E-state index >= 15 is 0 Å². The molecule has 2 aromatic carbocycles. The van der Waals surface area contributed by atoms with Crippen molar-refractivity contribution in [2.45, 2.75) is 18.9 Å². The molecule has 1 unspecified atom stereocenters. The molecule has 1 aliphatic heterocycles. The van der Waals surface area contributed by atoms with Crippen molar-refractivity contribution in [2.24, 2.45) is 0 Å². The van der Waals surface area contributed by atoms with Crippen molar-refractivity contribution >= 4 is 33.2 Å². The van der Waals surface area contributed by atoms with Crippen molar-refractivity contribution in [3.8, 4) is 0 Å². The van der Waals surface area contributed by atoms with Crippen molar-refractivity contribution in [1.29, 1.82) is 0 Å². The predicted molar refractivity (Wildman–Crippen MR) is 91.2 cm³/mol. The topological polar surface area (TPSA) is 23.5 Å². The molecule has 0 saturated carbocycles. The fraction of sp³-hybridized carbons (Fsp3) is 0.294. The summed E-state index contributed by atoms with van der Waals surface area (Å²) in [4.78, 5) is 2.25. The standard InChI is InChI=1S/C17H17BrClNO/c1-20-7-6-12-8-13(3-5-16(12)20)17(21)9-11-2-4-14(18)10-15(11)19/h2-5,8,10,17,21H,6-7,9H2,1H3. The Morgan fingerprint density at radius 3 is 2.86 bits per heavy atom. The molecule has 1 N–H and O–H groups in total. The number of anilines is 1. The summed E-state index contributed by atoms with van der Waals surface area (Å²) in [5.74, 6) is 0. The van der Waals surface area contributed by atoms with E-state index in [-0.39, 0.29) is 0 Å². The van der Waals surface area contributed by atoms with E-state index in [4.69, 9.17) is 11.6 Å². The van der Waals surface area contributed by atoms with E-state index in [0.717, 1.165) is 28.6 Å². The minimum atomic E-state index is -0.528. The van der Waals surface area contributed by atoms with Gasteiger partial charge in [-0.25, -0.2) is 0 Å². The summed E-state index contributed by atoms with van der Waals surface area (Å²) in [5.41, 5.74) is 4.51. The van der Waals surface area contributed by atoms with Gasteiger partial charge in [-0.3, -0.25) is 0 Å². The Balaban J connectivity index is 1.81. The van der Waals surface area contributed by atoms with Crippen molar-refractivity contribution in [3.05, 3.63) is 62.6 Å². The minimum absolute atomic E-state index is 0.528. The average Bonchev–Trinajstić information content (AvgIpc) is 2.83. The van der Waals surface area contributed by atoms with Crippen LogP contribution in [0.15, 0.2) is 40.9 Å². The van der Waals surface area contributed by atoms with Gasteiger partial charge in [-0.1, -0.05) is 45.7 Å². The third-order valence-corrected chi connectivity index (χ3v) is 4.89. The van der Waals surface area contributed by atoms with Gasteiger partial charge < -0.3 is 10.0 Å². The second-order valence-corrected chi connectivity index (χ2v) is 6.84. The molecule has 1 atom stereocenters. The molecule has 21 heavy (non-hydrogen) atoms. The first-order chi connectivity index (χ1) is 10.0. The lowest BCUT2D eigenvalue weighted by atomic mass is 9.99. The van der Waals surface area contributed by atoms with Crippen LogP contribution in [0.1, 0.15) is 22.8 Å². The van der Waals surface area contributed by atoms with Crippen molar-refractivity contribution in [2.75, 3.05) is 18.5 Å². The van der Waals surface area contributed by atoms with E-state index in [0.29, 0.717) is 11.4 Å². The smallest absolute Gasteiger partial charge is 0.0831 e. The molecule has 0 aliphatic carbocycles. The number of benzene rings is 2. The van der Waals surface area contributed by atoms with Crippen LogP contribution in [0.3, 0.4) is 0 Å². The monoisotopic (exact) mass is 365 g/mol. The highest BCUT2D eigenvalue weighted by Gasteiger charge is 2.18. The quantitative estimate of drug-likeness (QED) is 0.872. The molecule has 3 rings (SSSR count). The number of hydrogen-bond donors (Lipinski definition) is 1. The van der Waals surface area contributed by atoms with Gasteiger partial charge in [-0.05, 0) is 41.3 Å². The summed E-state index contributed by atoms with van der Waals surface area (Å²) in [7, 11) is 2.10. The lowest BCUT2D eigenvalue weighted by molar-refractivity contribution is 0.178. The zero-order valence-corrected chi connectivity index (χ0v) is 14.2. The molecule has 1 aliphatic rings. The van der Waals surface area contributed by atoms with Crippen molar-refractivity contribution in [1.82, 2.24) is 0 Å². The Hall–Kier alpha value is -1.03. The Morgan fingerprint density at radius 2 is 2.10 bits per heavy atom. The van der Waals surface area contributed by atoms with Crippen molar-refractivity contribution < 1.29 is 5.11 Å². The number of aliphatic hydroxyl groups is 1. The molecule has 0 radical (unpaired) electrons. The van der Waals surface area contributed by atoms with Gasteiger partial charge in [0, 0.05) is 35.2 Å². The second-order valence-electron chi connectivity index (χ2n) is 5.52. The molecule has 0 spiro atoms. The molecule has 2 aromatic rings. The van der Waals surface area contributed by atoms with E-state index in [9.17, 15) is 5.11 Å². The lowest BCUT2D eigenvalue weighted by Gasteiger charge is -2.15. The van der Waals surface area contributed by atoms with Gasteiger partial charge in [0.2, 0.25) is 0 Å². The van der Waals surface area contributed by atoms with Gasteiger partial charge in [0.15, 0.2) is 0 Å². The maximum atomic E-state index is 10.5. The number of aliphatic hydroxyl groups excluding tert-OH is 1. The molecule has 2 nitrogen and oxygen atoms in total. The SMILES string of the molecule is CN1CCc2cc(C(O)Cc3ccc(Br)cc3Cl)ccc21. The zero-order valence-electron chi connectivity index (χ0n) is 11.8. The molecule has 4 heteroatoms. The van der Waals surface area contributed by atoms with E-state index in [1.54, 1.807) is 0 Å². The molecular formula is C17H17BrClNO. The van der Waals surface area contributed by atoms with Gasteiger partial charge in [0.1, 0.15) is 0 Å². The number of halogens is 2. The summed E-state index contributed by atoms with van der Waals surface area (Å²) in [6.07, 6.45) is 1.05. The lowest BCUT2D eigenvalue weighted by Crippen LogP contribution is -2.12. The Morgan fingerprint density at radius 1 is 1.29 bits per heavy atom. The van der Waals surface area contributed by atoms with Crippen LogP contribution in [-0.4, -0.2) is 18.7 Å². The van der Waals surface area contributed by atoms with Crippen LogP contribution >= 0.6 is 27.5 Å². The number of rotatable bonds is 3. The van der Waals surface area contributed by atoms with Gasteiger partial charge in [0.25, 0.3) is 0 Å². The second kappa shape index (κ2) is 5.99. The molecule has 0 saturated heterocycles. The first kappa shape index (κ1) is 14.9. The summed E-state index contributed by atoms with van der Waals surface area (Å²) < 4.78 is 0.950. The van der Waals surface area contributed by atoms with Crippen LogP contribution < -0.4 is 4.90 Å². The Labute approximate surface area is 138 Å². The maximum Gasteiger partial charge on any atom is 0.0831 e. The van der Waals surface area contributed by atoms with E-state index < -0.39 is 6.10 Å². The van der Waals surface area contributed by atoms with Crippen LogP contribution in [0.4, 0.5) is 5.69 Å². The summed E-state index contributed by atoms with van der Waals surface area (Å²) in [6.45, 7) is 1.05. The van der Waals surface area contributed by atoms with Crippen LogP contribution in [0.5, 0.6) is 0 Å². The van der Waals surface area contributed by atoms with E-state index in [1.165, 1.54) is 11.3 Å². The van der Waals surface area contributed by atoms with Gasteiger partial charge in [0.05, 0.1) is 6.10 Å². The molecule has 0 fully saturated rings. The van der Waals surface area contributed by atoms with Gasteiger partial charge in [-0.2, -0.15) is 0 Å². The third-order valence-electron chi connectivity index (χ3n) is 4.04. The van der Waals surface area contributed by atoms with Gasteiger partial charge in [-0.15, -0.1) is 0 Å². The summed E-state index contributed by atoms with van der Waals surface area (Å²) in [6, 6.07) is 12.0. The highest BCUT2D eigenvalue weighted by atomic mass is 79.9. The normalized spacial score (nSPS) is 15.1. The molecule has 0 bridgehead atoms. The fourth-order valence-corrected chi connectivity index (χ4v) is 3.56.